The lowest BCUT2D eigenvalue weighted by molar-refractivity contribution is 0.0690. The summed E-state index contributed by atoms with van der Waals surface area (Å²) in [4.78, 5) is 26.2. The van der Waals surface area contributed by atoms with E-state index in [4.69, 9.17) is 5.11 Å². The fraction of sp³-hybridized carbons (Fsp3) is 0. The van der Waals surface area contributed by atoms with Crippen LogP contribution in [0.15, 0.2) is 48.7 Å². The molecule has 2 rings (SSSR count). The van der Waals surface area contributed by atoms with Crippen molar-refractivity contribution in [3.05, 3.63) is 65.5 Å². The van der Waals surface area contributed by atoms with Crippen molar-refractivity contribution in [1.82, 2.24) is 4.98 Å². The largest absolute Gasteiger partial charge is 0.477 e. The van der Waals surface area contributed by atoms with Crippen LogP contribution < -0.4 is 0 Å². The van der Waals surface area contributed by atoms with Crippen LogP contribution in [-0.2, 0) is 0 Å². The van der Waals surface area contributed by atoms with Gasteiger partial charge in [0.1, 0.15) is 5.69 Å². The molecule has 17 heavy (non-hydrogen) atoms. The maximum atomic E-state index is 11.9. The van der Waals surface area contributed by atoms with Gasteiger partial charge < -0.3 is 5.11 Å². The molecule has 0 bridgehead atoms. The number of carboxylic acids is 1. The highest BCUT2D eigenvalue weighted by Gasteiger charge is 2.10. The molecule has 2 aromatic rings. The van der Waals surface area contributed by atoms with Crippen molar-refractivity contribution in [3.63, 3.8) is 0 Å². The Morgan fingerprint density at radius 1 is 0.941 bits per heavy atom. The smallest absolute Gasteiger partial charge is 0.354 e. The number of carbonyl (C=O) groups is 2. The number of carboxylic acid groups (broad SMARTS) is 1. The molecule has 1 heterocycles. The van der Waals surface area contributed by atoms with Crippen molar-refractivity contribution in [2.45, 2.75) is 0 Å². The van der Waals surface area contributed by atoms with Gasteiger partial charge in [-0.25, -0.2) is 9.78 Å². The van der Waals surface area contributed by atoms with Gasteiger partial charge in [0.15, 0.2) is 5.78 Å². The van der Waals surface area contributed by atoms with Crippen molar-refractivity contribution >= 4 is 11.8 Å². The van der Waals surface area contributed by atoms with E-state index in [0.717, 1.165) is 0 Å². The monoisotopic (exact) mass is 227 g/mol. The van der Waals surface area contributed by atoms with E-state index in [1.54, 1.807) is 24.3 Å². The summed E-state index contributed by atoms with van der Waals surface area (Å²) in [6.07, 6.45) is 1.28. The summed E-state index contributed by atoms with van der Waals surface area (Å²) >= 11 is 0. The summed E-state index contributed by atoms with van der Waals surface area (Å²) in [6, 6.07) is 11.5. The second kappa shape index (κ2) is 4.57. The van der Waals surface area contributed by atoms with Crippen molar-refractivity contribution < 1.29 is 14.7 Å². The van der Waals surface area contributed by atoms with Crippen LogP contribution in [0.5, 0.6) is 0 Å². The molecule has 0 atom stereocenters. The van der Waals surface area contributed by atoms with Crippen LogP contribution in [0.3, 0.4) is 0 Å². The predicted octanol–water partition coefficient (Wildman–Crippen LogP) is 2.01. The quantitative estimate of drug-likeness (QED) is 0.814. The van der Waals surface area contributed by atoms with E-state index in [1.165, 1.54) is 18.3 Å². The van der Waals surface area contributed by atoms with Crippen LogP contribution in [0, 0.1) is 0 Å². The molecule has 0 unspecified atom stereocenters. The lowest BCUT2D eigenvalue weighted by Gasteiger charge is -2.00. The molecule has 0 aliphatic heterocycles. The van der Waals surface area contributed by atoms with Crippen molar-refractivity contribution in [2.75, 3.05) is 0 Å². The Balaban J connectivity index is 2.30. The van der Waals surface area contributed by atoms with Crippen molar-refractivity contribution in [1.29, 1.82) is 0 Å². The van der Waals surface area contributed by atoms with Crippen LogP contribution in [0.25, 0.3) is 0 Å². The molecule has 0 fully saturated rings. The molecule has 0 amide bonds. The number of aromatic nitrogens is 1. The average Bonchev–Trinajstić information content (AvgIpc) is 2.39. The normalized spacial score (nSPS) is 9.88. The third kappa shape index (κ3) is 2.36. The number of carbonyl (C=O) groups excluding carboxylic acids is 1. The second-order valence-corrected chi connectivity index (χ2v) is 3.43. The predicted molar refractivity (Wildman–Crippen MR) is 61.1 cm³/mol. The van der Waals surface area contributed by atoms with Gasteiger partial charge in [0.25, 0.3) is 0 Å². The maximum Gasteiger partial charge on any atom is 0.354 e. The maximum absolute atomic E-state index is 11.9. The Labute approximate surface area is 97.6 Å². The number of hydrogen-bond acceptors (Lipinski definition) is 3. The van der Waals surface area contributed by atoms with E-state index in [9.17, 15) is 9.59 Å². The fourth-order valence-electron chi connectivity index (χ4n) is 1.41. The minimum absolute atomic E-state index is 0.0744. The molecule has 4 nitrogen and oxygen atoms in total. The molecular weight excluding hydrogens is 218 g/mol. The number of ketones is 1. The minimum atomic E-state index is -1.11. The van der Waals surface area contributed by atoms with Gasteiger partial charge in [-0.3, -0.25) is 4.79 Å². The average molecular weight is 227 g/mol. The van der Waals surface area contributed by atoms with Crippen LogP contribution in [-0.4, -0.2) is 21.8 Å². The van der Waals surface area contributed by atoms with Gasteiger partial charge in [-0.15, -0.1) is 0 Å². The third-order valence-electron chi connectivity index (χ3n) is 2.28. The highest BCUT2D eigenvalue weighted by Crippen LogP contribution is 2.09. The summed E-state index contributed by atoms with van der Waals surface area (Å²) in [5, 5.41) is 8.68. The number of rotatable bonds is 3. The summed E-state index contributed by atoms with van der Waals surface area (Å²) in [5.74, 6) is -1.28. The van der Waals surface area contributed by atoms with Gasteiger partial charge in [0, 0.05) is 17.3 Å². The van der Waals surface area contributed by atoms with Crippen LogP contribution in [0.1, 0.15) is 26.4 Å². The zero-order valence-electron chi connectivity index (χ0n) is 8.83. The van der Waals surface area contributed by atoms with Gasteiger partial charge in [-0.2, -0.15) is 0 Å². The van der Waals surface area contributed by atoms with E-state index >= 15 is 0 Å². The third-order valence-corrected chi connectivity index (χ3v) is 2.28. The summed E-state index contributed by atoms with van der Waals surface area (Å²) in [5.41, 5.74) is 0.855. The first-order valence-electron chi connectivity index (χ1n) is 4.97. The number of aromatic carboxylic acids is 1. The zero-order valence-corrected chi connectivity index (χ0v) is 8.83. The minimum Gasteiger partial charge on any atom is -0.477 e. The Morgan fingerprint density at radius 3 is 2.18 bits per heavy atom. The Kier molecular flexibility index (Phi) is 2.96. The second-order valence-electron chi connectivity index (χ2n) is 3.43. The van der Waals surface area contributed by atoms with Crippen molar-refractivity contribution in [3.8, 4) is 0 Å². The Morgan fingerprint density at radius 2 is 1.65 bits per heavy atom. The molecule has 4 heteroatoms. The Bertz CT molecular complexity index is 547. The molecule has 0 saturated carbocycles. The van der Waals surface area contributed by atoms with E-state index in [-0.39, 0.29) is 11.5 Å². The molecule has 0 saturated heterocycles. The van der Waals surface area contributed by atoms with Gasteiger partial charge in [-0.1, -0.05) is 30.3 Å². The molecule has 0 radical (unpaired) electrons. The zero-order chi connectivity index (χ0) is 12.3. The first-order chi connectivity index (χ1) is 8.18. The molecular formula is C13H9NO3. The van der Waals surface area contributed by atoms with Gasteiger partial charge in [0.05, 0.1) is 0 Å². The summed E-state index contributed by atoms with van der Waals surface area (Å²) in [6.45, 7) is 0. The van der Waals surface area contributed by atoms with Crippen LogP contribution >= 0.6 is 0 Å². The highest BCUT2D eigenvalue weighted by atomic mass is 16.4. The van der Waals surface area contributed by atoms with Crippen molar-refractivity contribution in [2.24, 2.45) is 0 Å². The van der Waals surface area contributed by atoms with E-state index in [2.05, 4.69) is 4.98 Å². The molecule has 1 aromatic heterocycles. The standard InChI is InChI=1S/C13H9NO3/c15-12(9-4-2-1-3-5-9)10-6-7-11(13(16)17)14-8-10/h1-8H,(H,16,17). The van der Waals surface area contributed by atoms with E-state index in [0.29, 0.717) is 11.1 Å². The van der Waals surface area contributed by atoms with Crippen LogP contribution in [0.2, 0.25) is 0 Å². The lowest BCUT2D eigenvalue weighted by Crippen LogP contribution is -2.05. The number of hydrogen-bond donors (Lipinski definition) is 1. The Hall–Kier alpha value is -2.49. The van der Waals surface area contributed by atoms with E-state index in [1.807, 2.05) is 6.07 Å². The first-order valence-corrected chi connectivity index (χ1v) is 4.97. The number of nitrogens with zero attached hydrogens (tertiary/aromatic N) is 1. The lowest BCUT2D eigenvalue weighted by atomic mass is 10.1. The molecule has 0 aliphatic carbocycles. The van der Waals surface area contributed by atoms with Crippen LogP contribution in [0.4, 0.5) is 0 Å². The molecule has 0 spiro atoms. The van der Waals surface area contributed by atoms with E-state index < -0.39 is 5.97 Å². The molecule has 84 valence electrons. The summed E-state index contributed by atoms with van der Waals surface area (Å²) < 4.78 is 0. The van der Waals surface area contributed by atoms with Gasteiger partial charge in [-0.05, 0) is 12.1 Å². The van der Waals surface area contributed by atoms with Gasteiger partial charge in [0.2, 0.25) is 0 Å². The highest BCUT2D eigenvalue weighted by molar-refractivity contribution is 6.08. The number of benzene rings is 1. The first kappa shape index (κ1) is 11.0. The number of pyridine rings is 1. The molecule has 1 aromatic carbocycles. The topological polar surface area (TPSA) is 67.3 Å². The SMILES string of the molecule is O=C(c1ccccc1)c1ccc(C(=O)O)nc1. The molecule has 0 aliphatic rings. The summed E-state index contributed by atoms with van der Waals surface area (Å²) in [7, 11) is 0. The molecule has 1 N–H and O–H groups in total. The fourth-order valence-corrected chi connectivity index (χ4v) is 1.41. The van der Waals surface area contributed by atoms with Gasteiger partial charge >= 0.3 is 5.97 Å².